The molecule has 72 heavy (non-hydrogen) atoms. The summed E-state index contributed by atoms with van der Waals surface area (Å²) in [6.45, 7) is -0.851. The first-order chi connectivity index (χ1) is 33.1. The van der Waals surface area contributed by atoms with Crippen LogP contribution >= 0.6 is 11.6 Å². The molecule has 1 fully saturated rings. The van der Waals surface area contributed by atoms with Crippen LogP contribution in [-0.2, 0) is 70.6 Å². The van der Waals surface area contributed by atoms with Crippen LogP contribution in [0.2, 0.25) is 5.02 Å². The molecule has 28 heteroatoms. The third-order valence-electron chi connectivity index (χ3n) is 11.8. The van der Waals surface area contributed by atoms with E-state index in [1.807, 2.05) is 0 Å². The summed E-state index contributed by atoms with van der Waals surface area (Å²) in [6, 6.07) is 4.67. The lowest BCUT2D eigenvalue weighted by atomic mass is 9.93. The number of sulfonamides is 1. The van der Waals surface area contributed by atoms with Crippen molar-refractivity contribution >= 4 is 66.0 Å². The van der Waals surface area contributed by atoms with E-state index >= 15 is 8.78 Å². The predicted molar refractivity (Wildman–Crippen MR) is 236 cm³/mol. The number of nitrogens with zero attached hydrogens (tertiary/aromatic N) is 6. The number of ether oxygens (including phenoxy) is 1. The van der Waals surface area contributed by atoms with Gasteiger partial charge in [0.05, 0.1) is 47.4 Å². The topological polar surface area (TPSA) is 193 Å². The number of halogens is 11. The highest BCUT2D eigenvalue weighted by Crippen LogP contribution is 2.68. The lowest BCUT2D eigenvalue weighted by molar-refractivity contribution is -0.143. The first-order valence-electron chi connectivity index (χ1n) is 21.0. The molecule has 5 aromatic rings. The summed E-state index contributed by atoms with van der Waals surface area (Å²) in [6.07, 6.45) is -11.5. The smallest absolute Gasteiger partial charge is 0.435 e. The Morgan fingerprint density at radius 2 is 1.58 bits per heavy atom. The number of benzene rings is 2. The summed E-state index contributed by atoms with van der Waals surface area (Å²) in [5.41, 5.74) is -6.01. The van der Waals surface area contributed by atoms with Gasteiger partial charge in [-0.3, -0.25) is 23.7 Å². The Morgan fingerprint density at radius 1 is 0.944 bits per heavy atom. The van der Waals surface area contributed by atoms with E-state index in [9.17, 15) is 66.3 Å². The minimum Gasteiger partial charge on any atom is -0.469 e. The molecule has 15 nitrogen and oxygen atoms in total. The number of carbonyl (C=O) groups excluding carboxylic acids is 3. The average Bonchev–Trinajstić information content (AvgIpc) is 3.76. The number of nitrogens with one attached hydrogen (secondary N) is 1. The number of alkyl halides is 8. The summed E-state index contributed by atoms with van der Waals surface area (Å²) in [7, 11) is -7.76. The first kappa shape index (κ1) is 53.5. The van der Waals surface area contributed by atoms with E-state index in [1.165, 1.54) is 13.8 Å². The fourth-order valence-electron chi connectivity index (χ4n) is 8.27. The quantitative estimate of drug-likeness (QED) is 0.0657. The maximum Gasteiger partial charge on any atom is 0.435 e. The Morgan fingerprint density at radius 3 is 2.17 bits per heavy atom. The molecule has 0 saturated heterocycles. The number of pyridine rings is 1. The second-order valence-corrected chi connectivity index (χ2v) is 22.3. The third kappa shape index (κ3) is 10.8. The molecular formula is C44H38ClF10N7O8S2. The zero-order valence-corrected chi connectivity index (χ0v) is 40.3. The lowest BCUT2D eigenvalue weighted by Gasteiger charge is -2.23. The van der Waals surface area contributed by atoms with Crippen molar-refractivity contribution in [1.82, 2.24) is 29.9 Å². The van der Waals surface area contributed by atoms with E-state index in [0.717, 1.165) is 49.8 Å². The summed E-state index contributed by atoms with van der Waals surface area (Å²) in [4.78, 5) is 44.2. The van der Waals surface area contributed by atoms with Crippen LogP contribution < -0.4 is 9.62 Å². The van der Waals surface area contributed by atoms with Crippen LogP contribution in [0.3, 0.4) is 0 Å². The highest BCUT2D eigenvalue weighted by molar-refractivity contribution is 7.93. The lowest BCUT2D eigenvalue weighted by Crippen LogP contribution is -2.37. The molecule has 0 spiro atoms. The minimum absolute atomic E-state index is 0.0208. The van der Waals surface area contributed by atoms with Gasteiger partial charge < -0.3 is 10.1 Å². The fraction of sp³-hybridized carbons (Fsp3) is 0.409. The van der Waals surface area contributed by atoms with Crippen LogP contribution in [0, 0.1) is 29.4 Å². The SMILES string of the molecule is COC(=O)CCC(=O)N(c1nn(CC(F)(F)F)c2c(-c3ccc(C#CC(C)(C)S(C)(=O)=O)nc3[C@H](Cc3cc(F)cc(F)c3)NC(=O)Cn3nc(C(F)(F)F)c4c3C(F)(F)[C@@H]3C[C@H]43)ccc(Cl)c12)S(C)(=O)=O. The van der Waals surface area contributed by atoms with E-state index in [-0.39, 0.29) is 42.5 Å². The maximum atomic E-state index is 15.6. The van der Waals surface area contributed by atoms with E-state index in [2.05, 4.69) is 37.1 Å². The highest BCUT2D eigenvalue weighted by atomic mass is 35.5. The third-order valence-corrected chi connectivity index (χ3v) is 15.1. The second-order valence-electron chi connectivity index (χ2n) is 17.5. The molecule has 0 aliphatic heterocycles. The van der Waals surface area contributed by atoms with Gasteiger partial charge in [0.15, 0.2) is 21.3 Å². The molecule has 0 radical (unpaired) electrons. The molecule has 2 amide bonds. The number of anilines is 1. The van der Waals surface area contributed by atoms with E-state index < -0.39 is 167 Å². The summed E-state index contributed by atoms with van der Waals surface area (Å²) < 4.78 is 202. The van der Waals surface area contributed by atoms with Crippen LogP contribution in [0.1, 0.15) is 79.0 Å². The number of aromatic nitrogens is 5. The van der Waals surface area contributed by atoms with Gasteiger partial charge >= 0.3 is 18.3 Å². The number of carbonyl (C=O) groups is 3. The molecule has 3 atom stereocenters. The number of methoxy groups -OCH3 is 1. The minimum atomic E-state index is -5.23. The van der Waals surface area contributed by atoms with Crippen LogP contribution in [0.4, 0.5) is 49.7 Å². The molecule has 2 aromatic carbocycles. The molecular weight excluding hydrogens is 1040 g/mol. The van der Waals surface area contributed by atoms with Gasteiger partial charge in [-0.15, -0.1) is 0 Å². The molecule has 1 N–H and O–H groups in total. The summed E-state index contributed by atoms with van der Waals surface area (Å²) >= 11 is 6.60. The van der Waals surface area contributed by atoms with Crippen molar-refractivity contribution in [3.8, 4) is 23.0 Å². The van der Waals surface area contributed by atoms with Gasteiger partial charge in [0.1, 0.15) is 40.9 Å². The normalized spacial score (nSPS) is 16.9. The monoisotopic (exact) mass is 1080 g/mol. The molecule has 3 heterocycles. The molecule has 1 saturated carbocycles. The number of sulfone groups is 1. The van der Waals surface area contributed by atoms with Gasteiger partial charge in [-0.25, -0.2) is 30.6 Å². The van der Waals surface area contributed by atoms with Gasteiger partial charge in [0, 0.05) is 41.4 Å². The van der Waals surface area contributed by atoms with Crippen LogP contribution in [-0.4, -0.2) is 89.7 Å². The highest BCUT2D eigenvalue weighted by Gasteiger charge is 2.68. The summed E-state index contributed by atoms with van der Waals surface area (Å²) in [5, 5.41) is 8.57. The predicted octanol–water partition coefficient (Wildman–Crippen LogP) is 7.54. The van der Waals surface area contributed by atoms with E-state index in [4.69, 9.17) is 11.6 Å². The number of fused-ring (bicyclic) bond motifs is 4. The van der Waals surface area contributed by atoms with Gasteiger partial charge in [0.25, 0.3) is 5.92 Å². The van der Waals surface area contributed by atoms with Crippen molar-refractivity contribution in [3.63, 3.8) is 0 Å². The number of hydrogen-bond donors (Lipinski definition) is 1. The van der Waals surface area contributed by atoms with E-state index in [1.54, 1.807) is 0 Å². The Hall–Kier alpha value is -6.27. The Kier molecular flexibility index (Phi) is 13.9. The number of esters is 1. The zero-order chi connectivity index (χ0) is 53.4. The molecule has 2 aliphatic carbocycles. The van der Waals surface area contributed by atoms with Gasteiger partial charge in [0.2, 0.25) is 21.8 Å². The van der Waals surface area contributed by atoms with Crippen LogP contribution in [0.5, 0.6) is 0 Å². The molecule has 0 unspecified atom stereocenters. The largest absolute Gasteiger partial charge is 0.469 e. The van der Waals surface area contributed by atoms with Crippen molar-refractivity contribution in [1.29, 1.82) is 0 Å². The Balaban J connectivity index is 1.48. The Labute approximate surface area is 407 Å². The van der Waals surface area contributed by atoms with Gasteiger partial charge in [-0.1, -0.05) is 23.6 Å². The summed E-state index contributed by atoms with van der Waals surface area (Å²) in [5.74, 6) is -8.44. The van der Waals surface area contributed by atoms with Crippen LogP contribution in [0.15, 0.2) is 42.5 Å². The molecule has 0 bridgehead atoms. The second kappa shape index (κ2) is 18.6. The van der Waals surface area contributed by atoms with Gasteiger partial charge in [-0.05, 0) is 74.4 Å². The van der Waals surface area contributed by atoms with Gasteiger partial charge in [-0.2, -0.15) is 49.6 Å². The number of hydrogen-bond acceptors (Lipinski definition) is 11. The van der Waals surface area contributed by atoms with E-state index in [0.29, 0.717) is 12.3 Å². The maximum absolute atomic E-state index is 15.6. The van der Waals surface area contributed by atoms with Crippen molar-refractivity contribution in [2.45, 2.75) is 87.6 Å². The Bertz CT molecular complexity index is 3350. The standard InChI is InChI=1S/C44H38ClF10N7O8S2/c1-41(2,71(4,66)67)13-12-24-6-7-25(26-8-9-29(45)35-37(26)61(20-42(48,49)50)59-40(35)62(72(5,68)69)32(64)10-11-33(65)70-3)36(56-24)30(16-21-14-22(46)17-23(47)15-21)57-31(63)19-60-39-34(38(58-60)44(53,54)55)27-18-28(27)43(39,51)52/h6-9,14-15,17,27-28,30H,10-11,16,18-20H2,1-5H3,(H,57,63)/t27-,28+,30-/m0/s1. The molecule has 2 aliphatic rings. The average molecular weight is 1080 g/mol. The molecule has 386 valence electrons. The fourth-order valence-corrected chi connectivity index (χ4v) is 9.65. The zero-order valence-electron chi connectivity index (χ0n) is 37.9. The first-order valence-corrected chi connectivity index (χ1v) is 25.1. The number of amides is 2. The van der Waals surface area contributed by atoms with Crippen molar-refractivity contribution in [3.05, 3.63) is 93.0 Å². The van der Waals surface area contributed by atoms with Crippen molar-refractivity contribution in [2.24, 2.45) is 5.92 Å². The van der Waals surface area contributed by atoms with Crippen molar-refractivity contribution in [2.75, 3.05) is 23.9 Å². The number of rotatable bonds is 14. The van der Waals surface area contributed by atoms with Crippen LogP contribution in [0.25, 0.3) is 22.0 Å². The molecule has 3 aromatic heterocycles. The molecule has 7 rings (SSSR count). The van der Waals surface area contributed by atoms with Crippen molar-refractivity contribution < 1.29 is 79.9 Å².